The van der Waals surface area contributed by atoms with E-state index in [1.807, 2.05) is 6.07 Å². The van der Waals surface area contributed by atoms with E-state index in [-0.39, 0.29) is 24.2 Å². The molecule has 4 rings (SSSR count). The van der Waals surface area contributed by atoms with E-state index < -0.39 is 0 Å². The molecule has 8 nitrogen and oxygen atoms in total. The summed E-state index contributed by atoms with van der Waals surface area (Å²) in [5.74, 6) is 0.352. The van der Waals surface area contributed by atoms with Crippen LogP contribution < -0.4 is 5.73 Å². The lowest BCUT2D eigenvalue weighted by molar-refractivity contribution is -0.121. The van der Waals surface area contributed by atoms with Gasteiger partial charge in [0.25, 0.3) is 0 Å². The molecule has 1 saturated carbocycles. The lowest BCUT2D eigenvalue weighted by Gasteiger charge is -2.20. The van der Waals surface area contributed by atoms with Crippen LogP contribution in [0.15, 0.2) is 24.8 Å². The van der Waals surface area contributed by atoms with E-state index >= 15 is 0 Å². The maximum atomic E-state index is 12.2. The van der Waals surface area contributed by atoms with Gasteiger partial charge in [-0.1, -0.05) is 0 Å². The maximum absolute atomic E-state index is 12.2. The quantitative estimate of drug-likeness (QED) is 0.753. The Morgan fingerprint density at radius 3 is 3.12 bits per heavy atom. The smallest absolute Gasteiger partial charge is 0.154 e. The summed E-state index contributed by atoms with van der Waals surface area (Å²) < 4.78 is 1.67. The van der Waals surface area contributed by atoms with E-state index in [2.05, 4.69) is 26.1 Å². The summed E-state index contributed by atoms with van der Waals surface area (Å²) in [7, 11) is 0. The van der Waals surface area contributed by atoms with Gasteiger partial charge >= 0.3 is 0 Å². The molecule has 0 bridgehead atoms. The summed E-state index contributed by atoms with van der Waals surface area (Å²) in [6, 6.07) is 3.76. The number of nitrogens with two attached hydrogens (primary N) is 1. The van der Waals surface area contributed by atoms with Crippen molar-refractivity contribution in [3.05, 3.63) is 24.8 Å². The number of nitrogens with zero attached hydrogens (tertiary/aromatic N) is 5. The molecular weight excluding hydrogens is 318 g/mol. The van der Waals surface area contributed by atoms with Gasteiger partial charge in [0.05, 0.1) is 29.8 Å². The Morgan fingerprint density at radius 1 is 1.48 bits per heavy atom. The van der Waals surface area contributed by atoms with E-state index in [0.29, 0.717) is 23.5 Å². The van der Waals surface area contributed by atoms with E-state index in [1.165, 1.54) is 6.33 Å². The molecule has 1 aliphatic carbocycles. The second kappa shape index (κ2) is 6.02. The van der Waals surface area contributed by atoms with Crippen molar-refractivity contribution in [3.63, 3.8) is 0 Å². The first kappa shape index (κ1) is 15.3. The Hall–Kier alpha value is -3.21. The number of hydrogen-bond acceptors (Lipinski definition) is 6. The number of aromatic amines is 1. The van der Waals surface area contributed by atoms with Crippen LogP contribution in [0, 0.1) is 17.2 Å². The highest BCUT2D eigenvalue weighted by Crippen LogP contribution is 2.36. The fraction of sp³-hybridized carbons (Fsp3) is 0.353. The number of H-pyrrole nitrogens is 1. The molecule has 3 N–H and O–H groups in total. The largest absolute Gasteiger partial charge is 0.382 e. The van der Waals surface area contributed by atoms with Crippen molar-refractivity contribution in [2.45, 2.75) is 31.7 Å². The van der Waals surface area contributed by atoms with Crippen molar-refractivity contribution in [1.82, 2.24) is 24.7 Å². The molecule has 0 radical (unpaired) electrons. The van der Waals surface area contributed by atoms with Crippen molar-refractivity contribution in [2.24, 2.45) is 5.92 Å². The molecule has 2 atom stereocenters. The van der Waals surface area contributed by atoms with Gasteiger partial charge in [-0.05, 0) is 18.9 Å². The standard InChI is InChI=1S/C17H17N7O/c18-6-4-13(10-2-1-3-14(10)25)24-8-12(16(19)23-24)15-11-5-7-20-17(11)22-9-21-15/h5,7-10,13H,1-4H2,(H2,19,23)(H,20,21,22)/t10?,13-/m1/s1. The van der Waals surface area contributed by atoms with Crippen LogP contribution in [0.4, 0.5) is 5.82 Å². The fourth-order valence-corrected chi connectivity index (χ4v) is 3.61. The Morgan fingerprint density at radius 2 is 2.36 bits per heavy atom. The van der Waals surface area contributed by atoms with Crippen LogP contribution in [0.5, 0.6) is 0 Å². The molecule has 25 heavy (non-hydrogen) atoms. The summed E-state index contributed by atoms with van der Waals surface area (Å²) in [5, 5.41) is 14.4. The summed E-state index contributed by atoms with van der Waals surface area (Å²) in [6.07, 6.45) is 7.50. The van der Waals surface area contributed by atoms with Crippen LogP contribution in [0.2, 0.25) is 0 Å². The van der Waals surface area contributed by atoms with Gasteiger partial charge in [0.15, 0.2) is 5.82 Å². The normalized spacial score (nSPS) is 18.5. The number of nitrogen functional groups attached to an aromatic ring is 1. The number of fused-ring (bicyclic) bond motifs is 1. The van der Waals surface area contributed by atoms with E-state index in [0.717, 1.165) is 23.9 Å². The van der Waals surface area contributed by atoms with Crippen LogP contribution >= 0.6 is 0 Å². The number of carbonyl (C=O) groups is 1. The molecule has 1 unspecified atom stereocenters. The number of carbonyl (C=O) groups excluding carboxylic acids is 1. The summed E-state index contributed by atoms with van der Waals surface area (Å²) in [6.45, 7) is 0. The summed E-state index contributed by atoms with van der Waals surface area (Å²) >= 11 is 0. The first-order chi connectivity index (χ1) is 12.2. The minimum absolute atomic E-state index is 0.176. The van der Waals surface area contributed by atoms with Gasteiger partial charge in [-0.15, -0.1) is 0 Å². The van der Waals surface area contributed by atoms with E-state index in [4.69, 9.17) is 5.73 Å². The maximum Gasteiger partial charge on any atom is 0.154 e. The number of rotatable bonds is 4. The number of nitrogens with one attached hydrogen (secondary N) is 1. The van der Waals surface area contributed by atoms with Gasteiger partial charge in [0, 0.05) is 30.1 Å². The SMILES string of the molecule is N#CC[C@H](C1CCCC1=O)n1cc(-c2ncnc3[nH]ccc23)c(N)n1. The van der Waals surface area contributed by atoms with Crippen molar-refractivity contribution >= 4 is 22.6 Å². The third-order valence-electron chi connectivity index (χ3n) is 4.83. The zero-order chi connectivity index (χ0) is 17.4. The molecule has 3 heterocycles. The Bertz CT molecular complexity index is 980. The van der Waals surface area contributed by atoms with Gasteiger partial charge in [-0.2, -0.15) is 10.4 Å². The third kappa shape index (κ3) is 2.54. The Labute approximate surface area is 143 Å². The molecule has 0 aliphatic heterocycles. The number of anilines is 1. The zero-order valence-electron chi connectivity index (χ0n) is 13.5. The van der Waals surface area contributed by atoms with Gasteiger partial charge in [0.2, 0.25) is 0 Å². The average molecular weight is 335 g/mol. The van der Waals surface area contributed by atoms with Crippen molar-refractivity contribution in [3.8, 4) is 17.3 Å². The molecule has 126 valence electrons. The van der Waals surface area contributed by atoms with Gasteiger partial charge < -0.3 is 10.7 Å². The molecule has 0 aromatic carbocycles. The zero-order valence-corrected chi connectivity index (χ0v) is 13.5. The van der Waals surface area contributed by atoms with Crippen LogP contribution in [-0.4, -0.2) is 30.5 Å². The molecule has 3 aromatic rings. The number of ketones is 1. The highest BCUT2D eigenvalue weighted by Gasteiger charge is 2.34. The van der Waals surface area contributed by atoms with Crippen LogP contribution in [0.3, 0.4) is 0 Å². The van der Waals surface area contributed by atoms with E-state index in [1.54, 1.807) is 17.1 Å². The highest BCUT2D eigenvalue weighted by atomic mass is 16.1. The molecule has 1 fully saturated rings. The average Bonchev–Trinajstić information content (AvgIpc) is 3.32. The number of nitriles is 1. The topological polar surface area (TPSA) is 126 Å². The number of Topliss-reactive ketones (excluding diaryl/α,β-unsaturated/α-hetero) is 1. The Kier molecular flexibility index (Phi) is 3.69. The lowest BCUT2D eigenvalue weighted by atomic mass is 9.95. The molecular formula is C17H17N7O. The van der Waals surface area contributed by atoms with E-state index in [9.17, 15) is 10.1 Å². The monoisotopic (exact) mass is 335 g/mol. The minimum Gasteiger partial charge on any atom is -0.382 e. The van der Waals surface area contributed by atoms with Crippen molar-refractivity contribution in [1.29, 1.82) is 5.26 Å². The predicted molar refractivity (Wildman–Crippen MR) is 91.1 cm³/mol. The van der Waals surface area contributed by atoms with Crippen LogP contribution in [0.1, 0.15) is 31.7 Å². The molecule has 0 saturated heterocycles. The molecule has 0 spiro atoms. The first-order valence-corrected chi connectivity index (χ1v) is 8.21. The second-order valence-corrected chi connectivity index (χ2v) is 6.26. The third-order valence-corrected chi connectivity index (χ3v) is 4.83. The van der Waals surface area contributed by atoms with Gasteiger partial charge in [0.1, 0.15) is 17.8 Å². The van der Waals surface area contributed by atoms with Crippen molar-refractivity contribution < 1.29 is 4.79 Å². The second-order valence-electron chi connectivity index (χ2n) is 6.26. The molecule has 1 aliphatic rings. The molecule has 3 aromatic heterocycles. The number of hydrogen-bond donors (Lipinski definition) is 2. The van der Waals surface area contributed by atoms with Gasteiger partial charge in [-0.3, -0.25) is 9.48 Å². The van der Waals surface area contributed by atoms with Crippen LogP contribution in [0.25, 0.3) is 22.3 Å². The predicted octanol–water partition coefficient (Wildman–Crippen LogP) is 2.23. The highest BCUT2D eigenvalue weighted by molar-refractivity contribution is 5.93. The molecule has 0 amide bonds. The lowest BCUT2D eigenvalue weighted by Crippen LogP contribution is -2.23. The fourth-order valence-electron chi connectivity index (χ4n) is 3.61. The molecule has 8 heteroatoms. The summed E-state index contributed by atoms with van der Waals surface area (Å²) in [4.78, 5) is 23.7. The Balaban J connectivity index is 1.78. The first-order valence-electron chi connectivity index (χ1n) is 8.21. The van der Waals surface area contributed by atoms with Crippen LogP contribution in [-0.2, 0) is 4.79 Å². The minimum atomic E-state index is -0.292. The summed E-state index contributed by atoms with van der Waals surface area (Å²) in [5.41, 5.74) is 8.21. The number of aromatic nitrogens is 5. The van der Waals surface area contributed by atoms with Gasteiger partial charge in [-0.25, -0.2) is 9.97 Å². The van der Waals surface area contributed by atoms with Crippen molar-refractivity contribution in [2.75, 3.05) is 5.73 Å².